The van der Waals surface area contributed by atoms with Crippen molar-refractivity contribution in [2.24, 2.45) is 5.92 Å². The van der Waals surface area contributed by atoms with Gasteiger partial charge in [-0.2, -0.15) is 0 Å². The molecule has 0 aliphatic heterocycles. The fourth-order valence-electron chi connectivity index (χ4n) is 2.59. The lowest BCUT2D eigenvalue weighted by Gasteiger charge is -2.21. The Labute approximate surface area is 125 Å². The van der Waals surface area contributed by atoms with Gasteiger partial charge in [0.1, 0.15) is 5.82 Å². The van der Waals surface area contributed by atoms with Crippen LogP contribution in [0.4, 0.5) is 11.5 Å². The highest BCUT2D eigenvalue weighted by Crippen LogP contribution is 2.26. The lowest BCUT2D eigenvalue weighted by atomic mass is 9.88. The van der Waals surface area contributed by atoms with Gasteiger partial charge in [0.25, 0.3) is 0 Å². The number of nitrogens with one attached hydrogen (secondary N) is 2. The molecule has 0 unspecified atom stereocenters. The number of nitrogens with zero attached hydrogens (tertiary/aromatic N) is 1. The first-order valence-corrected chi connectivity index (χ1v) is 7.67. The van der Waals surface area contributed by atoms with Crippen LogP contribution in [0.5, 0.6) is 0 Å². The van der Waals surface area contributed by atoms with Crippen LogP contribution in [0.2, 0.25) is 0 Å². The standard InChI is InChI=1S/C16H23N3O2/c1-3-15(20)19-14-9-11(2)13(10-17-14)18-16(21)12-7-5-4-6-8-12/h9-10,12H,3-8H2,1-2H3,(H,18,21)(H,17,19,20). The van der Waals surface area contributed by atoms with E-state index in [4.69, 9.17) is 0 Å². The molecule has 0 spiro atoms. The van der Waals surface area contributed by atoms with Crippen molar-refractivity contribution in [3.8, 4) is 0 Å². The molecule has 0 aromatic carbocycles. The molecule has 21 heavy (non-hydrogen) atoms. The first-order valence-electron chi connectivity index (χ1n) is 7.67. The molecule has 1 saturated carbocycles. The fourth-order valence-corrected chi connectivity index (χ4v) is 2.59. The first kappa shape index (κ1) is 15.5. The molecule has 1 aliphatic carbocycles. The topological polar surface area (TPSA) is 71.1 Å². The molecule has 2 N–H and O–H groups in total. The zero-order valence-electron chi connectivity index (χ0n) is 12.7. The number of amides is 2. The van der Waals surface area contributed by atoms with E-state index < -0.39 is 0 Å². The van der Waals surface area contributed by atoms with Gasteiger partial charge >= 0.3 is 0 Å². The van der Waals surface area contributed by atoms with E-state index in [9.17, 15) is 9.59 Å². The molecule has 0 bridgehead atoms. The van der Waals surface area contributed by atoms with Crippen molar-refractivity contribution in [1.29, 1.82) is 0 Å². The summed E-state index contributed by atoms with van der Waals surface area (Å²) >= 11 is 0. The van der Waals surface area contributed by atoms with Crippen LogP contribution in [0, 0.1) is 12.8 Å². The zero-order chi connectivity index (χ0) is 15.2. The average Bonchev–Trinajstić information content (AvgIpc) is 2.50. The predicted octanol–water partition coefficient (Wildman–Crippen LogP) is 3.26. The molecule has 0 atom stereocenters. The molecule has 1 heterocycles. The highest BCUT2D eigenvalue weighted by molar-refractivity contribution is 5.94. The van der Waals surface area contributed by atoms with E-state index in [1.807, 2.05) is 6.92 Å². The van der Waals surface area contributed by atoms with Crippen molar-refractivity contribution in [3.63, 3.8) is 0 Å². The molecule has 114 valence electrons. The van der Waals surface area contributed by atoms with E-state index >= 15 is 0 Å². The summed E-state index contributed by atoms with van der Waals surface area (Å²) in [6, 6.07) is 1.78. The van der Waals surface area contributed by atoms with Crippen molar-refractivity contribution < 1.29 is 9.59 Å². The third kappa shape index (κ3) is 4.28. The lowest BCUT2D eigenvalue weighted by molar-refractivity contribution is -0.120. The number of hydrogen-bond donors (Lipinski definition) is 2. The number of pyridine rings is 1. The molecule has 0 radical (unpaired) electrons. The molecule has 0 saturated heterocycles. The first-order chi connectivity index (χ1) is 10.1. The molecule has 5 heteroatoms. The van der Waals surface area contributed by atoms with Crippen LogP contribution >= 0.6 is 0 Å². The van der Waals surface area contributed by atoms with Crippen LogP contribution < -0.4 is 10.6 Å². The van der Waals surface area contributed by atoms with Gasteiger partial charge in [0.05, 0.1) is 11.9 Å². The summed E-state index contributed by atoms with van der Waals surface area (Å²) in [5.41, 5.74) is 1.63. The molecule has 5 nitrogen and oxygen atoms in total. The maximum atomic E-state index is 12.2. The average molecular weight is 289 g/mol. The second kappa shape index (κ2) is 7.20. The van der Waals surface area contributed by atoms with E-state index in [1.54, 1.807) is 19.2 Å². The van der Waals surface area contributed by atoms with E-state index in [2.05, 4.69) is 15.6 Å². The minimum atomic E-state index is -0.0686. The number of aromatic nitrogens is 1. The smallest absolute Gasteiger partial charge is 0.227 e. The normalized spacial score (nSPS) is 15.5. The van der Waals surface area contributed by atoms with Crippen LogP contribution in [-0.4, -0.2) is 16.8 Å². The van der Waals surface area contributed by atoms with Gasteiger partial charge in [-0.25, -0.2) is 4.98 Å². The van der Waals surface area contributed by atoms with Crippen LogP contribution in [0.3, 0.4) is 0 Å². The van der Waals surface area contributed by atoms with E-state index in [0.717, 1.165) is 36.9 Å². The number of aryl methyl sites for hydroxylation is 1. The number of carbonyl (C=O) groups is 2. The number of anilines is 2. The van der Waals surface area contributed by atoms with Gasteiger partial charge in [-0.05, 0) is 31.4 Å². The van der Waals surface area contributed by atoms with Crippen LogP contribution in [-0.2, 0) is 9.59 Å². The third-order valence-electron chi connectivity index (χ3n) is 3.93. The van der Waals surface area contributed by atoms with Crippen molar-refractivity contribution in [2.45, 2.75) is 52.4 Å². The zero-order valence-corrected chi connectivity index (χ0v) is 12.7. The highest BCUT2D eigenvalue weighted by Gasteiger charge is 2.21. The Hall–Kier alpha value is -1.91. The van der Waals surface area contributed by atoms with Crippen LogP contribution in [0.25, 0.3) is 0 Å². The molecular weight excluding hydrogens is 266 g/mol. The van der Waals surface area contributed by atoms with Crippen molar-refractivity contribution in [3.05, 3.63) is 17.8 Å². The summed E-state index contributed by atoms with van der Waals surface area (Å²) in [4.78, 5) is 27.7. The van der Waals surface area contributed by atoms with Gasteiger partial charge in [-0.3, -0.25) is 9.59 Å². The molecule has 2 amide bonds. The van der Waals surface area contributed by atoms with E-state index in [-0.39, 0.29) is 17.7 Å². The number of hydrogen-bond acceptors (Lipinski definition) is 3. The Balaban J connectivity index is 2.00. The molecular formula is C16H23N3O2. The predicted molar refractivity (Wildman–Crippen MR) is 83.1 cm³/mol. The molecule has 1 fully saturated rings. The van der Waals surface area contributed by atoms with Gasteiger partial charge in [-0.1, -0.05) is 26.2 Å². The fraction of sp³-hybridized carbons (Fsp3) is 0.562. The molecule has 2 rings (SSSR count). The summed E-state index contributed by atoms with van der Waals surface area (Å²) in [6.45, 7) is 3.70. The van der Waals surface area contributed by atoms with Gasteiger partial charge in [0.15, 0.2) is 0 Å². The van der Waals surface area contributed by atoms with E-state index in [1.165, 1.54) is 6.42 Å². The van der Waals surface area contributed by atoms with Crippen molar-refractivity contribution in [1.82, 2.24) is 4.98 Å². The second-order valence-electron chi connectivity index (χ2n) is 5.61. The monoisotopic (exact) mass is 289 g/mol. The Morgan fingerprint density at radius 1 is 1.24 bits per heavy atom. The maximum Gasteiger partial charge on any atom is 0.227 e. The summed E-state index contributed by atoms with van der Waals surface area (Å²) in [5, 5.41) is 5.67. The summed E-state index contributed by atoms with van der Waals surface area (Å²) in [6.07, 6.45) is 7.49. The third-order valence-corrected chi connectivity index (χ3v) is 3.93. The number of rotatable bonds is 4. The van der Waals surface area contributed by atoms with Crippen LogP contribution in [0.1, 0.15) is 51.0 Å². The largest absolute Gasteiger partial charge is 0.324 e. The Morgan fingerprint density at radius 2 is 1.95 bits per heavy atom. The minimum absolute atomic E-state index is 0.0686. The van der Waals surface area contributed by atoms with Gasteiger partial charge in [0.2, 0.25) is 11.8 Å². The van der Waals surface area contributed by atoms with E-state index in [0.29, 0.717) is 12.2 Å². The molecule has 1 aliphatic rings. The quantitative estimate of drug-likeness (QED) is 0.893. The van der Waals surface area contributed by atoms with Gasteiger partial charge in [-0.15, -0.1) is 0 Å². The SMILES string of the molecule is CCC(=O)Nc1cc(C)c(NC(=O)C2CCCCC2)cn1. The lowest BCUT2D eigenvalue weighted by Crippen LogP contribution is -2.25. The Bertz CT molecular complexity index is 522. The molecule has 1 aromatic rings. The van der Waals surface area contributed by atoms with Crippen molar-refractivity contribution >= 4 is 23.3 Å². The van der Waals surface area contributed by atoms with Gasteiger partial charge in [0, 0.05) is 12.3 Å². The maximum absolute atomic E-state index is 12.2. The van der Waals surface area contributed by atoms with Crippen molar-refractivity contribution in [2.75, 3.05) is 10.6 Å². The van der Waals surface area contributed by atoms with Gasteiger partial charge < -0.3 is 10.6 Å². The second-order valence-corrected chi connectivity index (χ2v) is 5.61. The minimum Gasteiger partial charge on any atom is -0.324 e. The summed E-state index contributed by atoms with van der Waals surface area (Å²) in [7, 11) is 0. The van der Waals surface area contributed by atoms with Crippen LogP contribution in [0.15, 0.2) is 12.3 Å². The Morgan fingerprint density at radius 3 is 2.57 bits per heavy atom. The Kier molecular flexibility index (Phi) is 5.31. The summed E-state index contributed by atoms with van der Waals surface area (Å²) in [5.74, 6) is 0.665. The highest BCUT2D eigenvalue weighted by atomic mass is 16.2. The summed E-state index contributed by atoms with van der Waals surface area (Å²) < 4.78 is 0. The number of carbonyl (C=O) groups excluding carboxylic acids is 2. The molecule has 1 aromatic heterocycles.